The molecular weight excluding hydrogens is 288 g/mol. The first-order valence-electron chi connectivity index (χ1n) is 7.78. The molecule has 23 heavy (non-hydrogen) atoms. The maximum absolute atomic E-state index is 5.31. The fourth-order valence-electron chi connectivity index (χ4n) is 2.22. The van der Waals surface area contributed by atoms with Gasteiger partial charge in [-0.1, -0.05) is 12.1 Å². The zero-order valence-corrected chi connectivity index (χ0v) is 14.0. The summed E-state index contributed by atoms with van der Waals surface area (Å²) in [6.07, 6.45) is 1.79. The van der Waals surface area contributed by atoms with Gasteiger partial charge in [-0.2, -0.15) is 0 Å². The Hall–Kier alpha value is -2.56. The van der Waals surface area contributed by atoms with Crippen molar-refractivity contribution < 1.29 is 4.74 Å². The molecule has 0 saturated carbocycles. The monoisotopic (exact) mass is 312 g/mol. The Balaban J connectivity index is 2.02. The van der Waals surface area contributed by atoms with Crippen LogP contribution in [0.1, 0.15) is 23.7 Å². The molecule has 1 aromatic carbocycles. The molecule has 0 unspecified atom stereocenters. The van der Waals surface area contributed by atoms with Crippen LogP contribution in [0.4, 0.5) is 0 Å². The molecule has 2 aromatic rings. The number of aliphatic imine (C=N–C) groups is 1. The quantitative estimate of drug-likeness (QED) is 0.636. The van der Waals surface area contributed by atoms with Gasteiger partial charge in [0.15, 0.2) is 5.96 Å². The molecule has 0 radical (unpaired) electrons. The molecule has 0 atom stereocenters. The maximum atomic E-state index is 5.31. The fourth-order valence-corrected chi connectivity index (χ4v) is 2.22. The highest BCUT2D eigenvalue weighted by Gasteiger charge is 2.01. The van der Waals surface area contributed by atoms with Gasteiger partial charge in [0, 0.05) is 12.7 Å². The SMILES string of the molecule is CCNC(=NCc1cc(C)cc(OC)c1)NCc1ccccn1. The molecule has 0 saturated heterocycles. The van der Waals surface area contributed by atoms with Gasteiger partial charge in [-0.25, -0.2) is 4.99 Å². The Morgan fingerprint density at radius 3 is 2.78 bits per heavy atom. The number of aryl methyl sites for hydroxylation is 1. The number of rotatable bonds is 6. The number of nitrogens with one attached hydrogen (secondary N) is 2. The van der Waals surface area contributed by atoms with Crippen LogP contribution in [-0.4, -0.2) is 24.6 Å². The van der Waals surface area contributed by atoms with Crippen LogP contribution in [0.2, 0.25) is 0 Å². The van der Waals surface area contributed by atoms with Gasteiger partial charge in [0.1, 0.15) is 5.75 Å². The topological polar surface area (TPSA) is 58.5 Å². The lowest BCUT2D eigenvalue weighted by Gasteiger charge is -2.11. The molecule has 1 aromatic heterocycles. The molecule has 0 aliphatic heterocycles. The molecular formula is C18H24N4O. The molecule has 1 heterocycles. The summed E-state index contributed by atoms with van der Waals surface area (Å²) in [7, 11) is 1.68. The number of ether oxygens (including phenoxy) is 1. The predicted molar refractivity (Wildman–Crippen MR) is 93.6 cm³/mol. The number of guanidine groups is 1. The number of aromatic nitrogens is 1. The van der Waals surface area contributed by atoms with Crippen molar-refractivity contribution in [3.63, 3.8) is 0 Å². The number of hydrogen-bond donors (Lipinski definition) is 2. The minimum Gasteiger partial charge on any atom is -0.497 e. The lowest BCUT2D eigenvalue weighted by atomic mass is 10.1. The normalized spacial score (nSPS) is 11.2. The predicted octanol–water partition coefficient (Wildman–Crippen LogP) is 2.65. The van der Waals surface area contributed by atoms with E-state index >= 15 is 0 Å². The Morgan fingerprint density at radius 1 is 1.22 bits per heavy atom. The third-order valence-electron chi connectivity index (χ3n) is 3.27. The van der Waals surface area contributed by atoms with Gasteiger partial charge < -0.3 is 15.4 Å². The smallest absolute Gasteiger partial charge is 0.191 e. The molecule has 0 aliphatic carbocycles. The third-order valence-corrected chi connectivity index (χ3v) is 3.27. The van der Waals surface area contributed by atoms with Crippen LogP contribution in [0, 0.1) is 6.92 Å². The standard InChI is InChI=1S/C18H24N4O/c1-4-19-18(22-13-16-7-5-6-8-20-16)21-12-15-9-14(2)10-17(11-15)23-3/h5-11H,4,12-13H2,1-3H3,(H2,19,21,22). The summed E-state index contributed by atoms with van der Waals surface area (Å²) in [5, 5.41) is 6.54. The molecule has 0 amide bonds. The first-order valence-corrected chi connectivity index (χ1v) is 7.78. The van der Waals surface area contributed by atoms with Gasteiger partial charge >= 0.3 is 0 Å². The molecule has 122 valence electrons. The molecule has 0 aliphatic rings. The molecule has 0 fully saturated rings. The van der Waals surface area contributed by atoms with Crippen LogP contribution in [0.15, 0.2) is 47.6 Å². The van der Waals surface area contributed by atoms with E-state index < -0.39 is 0 Å². The number of benzene rings is 1. The summed E-state index contributed by atoms with van der Waals surface area (Å²) in [5.74, 6) is 1.64. The molecule has 5 nitrogen and oxygen atoms in total. The Labute approximate surface area is 137 Å². The van der Waals surface area contributed by atoms with Crippen LogP contribution >= 0.6 is 0 Å². The van der Waals surface area contributed by atoms with Crippen molar-refractivity contribution >= 4 is 5.96 Å². The molecule has 2 N–H and O–H groups in total. The van der Waals surface area contributed by atoms with E-state index in [9.17, 15) is 0 Å². The van der Waals surface area contributed by atoms with E-state index in [0.29, 0.717) is 13.1 Å². The highest BCUT2D eigenvalue weighted by Crippen LogP contribution is 2.16. The lowest BCUT2D eigenvalue weighted by molar-refractivity contribution is 0.414. The summed E-state index contributed by atoms with van der Waals surface area (Å²) in [5.41, 5.74) is 3.27. The zero-order chi connectivity index (χ0) is 16.5. The Bertz CT molecular complexity index is 641. The highest BCUT2D eigenvalue weighted by atomic mass is 16.5. The summed E-state index contributed by atoms with van der Waals surface area (Å²) in [4.78, 5) is 8.93. The van der Waals surface area contributed by atoms with Crippen LogP contribution in [0.5, 0.6) is 5.75 Å². The van der Waals surface area contributed by atoms with Gasteiger partial charge in [-0.3, -0.25) is 4.98 Å². The van der Waals surface area contributed by atoms with Crippen molar-refractivity contribution in [3.8, 4) is 5.75 Å². The van der Waals surface area contributed by atoms with E-state index in [-0.39, 0.29) is 0 Å². The van der Waals surface area contributed by atoms with Crippen molar-refractivity contribution in [2.45, 2.75) is 26.9 Å². The van der Waals surface area contributed by atoms with Gasteiger partial charge in [0.05, 0.1) is 25.9 Å². The van der Waals surface area contributed by atoms with E-state index in [0.717, 1.165) is 29.5 Å². The van der Waals surface area contributed by atoms with Crippen LogP contribution in [0.3, 0.4) is 0 Å². The molecule has 0 spiro atoms. The van der Waals surface area contributed by atoms with E-state index in [1.54, 1.807) is 13.3 Å². The summed E-state index contributed by atoms with van der Waals surface area (Å²) in [6.45, 7) is 6.15. The van der Waals surface area contributed by atoms with Gasteiger partial charge in [0.25, 0.3) is 0 Å². The van der Waals surface area contributed by atoms with Crippen molar-refractivity contribution in [1.29, 1.82) is 0 Å². The lowest BCUT2D eigenvalue weighted by Crippen LogP contribution is -2.37. The molecule has 0 bridgehead atoms. The summed E-state index contributed by atoms with van der Waals surface area (Å²) < 4.78 is 5.31. The fraction of sp³-hybridized carbons (Fsp3) is 0.333. The molecule has 2 rings (SSSR count). The van der Waals surface area contributed by atoms with Crippen LogP contribution in [0.25, 0.3) is 0 Å². The second kappa shape index (κ2) is 8.78. The average Bonchev–Trinajstić information content (AvgIpc) is 2.57. The van der Waals surface area contributed by atoms with Gasteiger partial charge in [0.2, 0.25) is 0 Å². The van der Waals surface area contributed by atoms with Crippen molar-refractivity contribution in [1.82, 2.24) is 15.6 Å². The molecule has 5 heteroatoms. The third kappa shape index (κ3) is 5.62. The number of methoxy groups -OCH3 is 1. The number of nitrogens with zero attached hydrogens (tertiary/aromatic N) is 2. The first kappa shape index (κ1) is 16.8. The maximum Gasteiger partial charge on any atom is 0.191 e. The van der Waals surface area contributed by atoms with E-state index in [4.69, 9.17) is 4.74 Å². The van der Waals surface area contributed by atoms with Crippen LogP contribution in [-0.2, 0) is 13.1 Å². The van der Waals surface area contributed by atoms with E-state index in [2.05, 4.69) is 33.6 Å². The summed E-state index contributed by atoms with van der Waals surface area (Å²) >= 11 is 0. The minimum atomic E-state index is 0.593. The average molecular weight is 312 g/mol. The van der Waals surface area contributed by atoms with Gasteiger partial charge in [-0.15, -0.1) is 0 Å². The van der Waals surface area contributed by atoms with E-state index in [1.165, 1.54) is 5.56 Å². The van der Waals surface area contributed by atoms with E-state index in [1.807, 2.05) is 37.3 Å². The second-order valence-corrected chi connectivity index (χ2v) is 5.23. The number of hydrogen-bond acceptors (Lipinski definition) is 3. The Morgan fingerprint density at radius 2 is 2.09 bits per heavy atom. The Kier molecular flexibility index (Phi) is 6.41. The first-order chi connectivity index (χ1) is 11.2. The van der Waals surface area contributed by atoms with Crippen molar-refractivity contribution in [3.05, 3.63) is 59.4 Å². The summed E-state index contributed by atoms with van der Waals surface area (Å²) in [6, 6.07) is 12.0. The number of pyridine rings is 1. The van der Waals surface area contributed by atoms with Crippen LogP contribution < -0.4 is 15.4 Å². The van der Waals surface area contributed by atoms with Gasteiger partial charge in [-0.05, 0) is 49.2 Å². The minimum absolute atomic E-state index is 0.593. The zero-order valence-electron chi connectivity index (χ0n) is 14.0. The van der Waals surface area contributed by atoms with Crippen molar-refractivity contribution in [2.75, 3.05) is 13.7 Å². The highest BCUT2D eigenvalue weighted by molar-refractivity contribution is 5.79. The second-order valence-electron chi connectivity index (χ2n) is 5.23. The largest absolute Gasteiger partial charge is 0.497 e. The van der Waals surface area contributed by atoms with Crippen molar-refractivity contribution in [2.24, 2.45) is 4.99 Å².